The van der Waals surface area contributed by atoms with Crippen molar-refractivity contribution >= 4 is 69.4 Å². The predicted molar refractivity (Wildman–Crippen MR) is 167 cm³/mol. The highest BCUT2D eigenvalue weighted by Crippen LogP contribution is 2.36. The molecule has 1 aliphatic heterocycles. The van der Waals surface area contributed by atoms with Crippen LogP contribution in [-0.4, -0.2) is 70.8 Å². The van der Waals surface area contributed by atoms with Gasteiger partial charge in [-0.2, -0.15) is 0 Å². The molecule has 2 amide bonds. The average Bonchev–Trinajstić information content (AvgIpc) is 3.21. The summed E-state index contributed by atoms with van der Waals surface area (Å²) >= 11 is 12.6. The standard InChI is InChI=1S/C30H27ClFN3O5S2/c1-34(2)13-14-40-25-10-6-19(20-5-9-24(32)23(31)16-20)15-21(25)17-26-28(37)35(30(41)42-26)12-11-27(36)33-22-7-3-18(4-8-22)29(38)39/h3-10,15-17H,11-14H2,1-2H3,(H,33,36)(H,38,39). The zero-order valence-corrected chi connectivity index (χ0v) is 25.1. The van der Waals surface area contributed by atoms with Crippen molar-refractivity contribution in [3.8, 4) is 16.9 Å². The smallest absolute Gasteiger partial charge is 0.335 e. The largest absolute Gasteiger partial charge is 0.492 e. The second-order valence-electron chi connectivity index (χ2n) is 9.55. The third-order valence-corrected chi connectivity index (χ3v) is 7.86. The fourth-order valence-electron chi connectivity index (χ4n) is 3.95. The fraction of sp³-hybridized carbons (Fsp3) is 0.200. The summed E-state index contributed by atoms with van der Waals surface area (Å²) in [6.07, 6.45) is 1.68. The Morgan fingerprint density at radius 1 is 1.12 bits per heavy atom. The summed E-state index contributed by atoms with van der Waals surface area (Å²) in [6.45, 7) is 1.18. The molecule has 0 atom stereocenters. The average molecular weight is 628 g/mol. The van der Waals surface area contributed by atoms with Crippen molar-refractivity contribution in [1.82, 2.24) is 9.80 Å². The molecule has 2 N–H and O–H groups in total. The maximum Gasteiger partial charge on any atom is 0.335 e. The molecule has 0 spiro atoms. The van der Waals surface area contributed by atoms with E-state index in [0.717, 1.165) is 17.3 Å². The predicted octanol–water partition coefficient (Wildman–Crippen LogP) is 6.01. The van der Waals surface area contributed by atoms with Crippen LogP contribution in [-0.2, 0) is 9.59 Å². The van der Waals surface area contributed by atoms with Crippen molar-refractivity contribution in [1.29, 1.82) is 0 Å². The van der Waals surface area contributed by atoms with E-state index in [0.29, 0.717) is 44.9 Å². The van der Waals surface area contributed by atoms with Crippen LogP contribution in [0, 0.1) is 5.82 Å². The van der Waals surface area contributed by atoms with E-state index in [1.165, 1.54) is 41.3 Å². The van der Waals surface area contributed by atoms with Crippen molar-refractivity contribution in [3.63, 3.8) is 0 Å². The fourth-order valence-corrected chi connectivity index (χ4v) is 5.43. The Morgan fingerprint density at radius 3 is 2.48 bits per heavy atom. The summed E-state index contributed by atoms with van der Waals surface area (Å²) in [4.78, 5) is 40.5. The number of carbonyl (C=O) groups excluding carboxylic acids is 2. The van der Waals surface area contributed by atoms with E-state index in [1.54, 1.807) is 18.2 Å². The van der Waals surface area contributed by atoms with Crippen LogP contribution >= 0.6 is 35.6 Å². The summed E-state index contributed by atoms with van der Waals surface area (Å²) in [5.41, 5.74) is 2.64. The van der Waals surface area contributed by atoms with Crippen molar-refractivity contribution in [2.75, 3.05) is 39.1 Å². The molecule has 3 aromatic carbocycles. The van der Waals surface area contributed by atoms with Gasteiger partial charge in [0.05, 0.1) is 15.5 Å². The van der Waals surface area contributed by atoms with Crippen LogP contribution in [0.3, 0.4) is 0 Å². The van der Waals surface area contributed by atoms with Gasteiger partial charge in [0.25, 0.3) is 5.91 Å². The summed E-state index contributed by atoms with van der Waals surface area (Å²) in [7, 11) is 3.87. The van der Waals surface area contributed by atoms with Crippen molar-refractivity contribution in [3.05, 3.63) is 87.5 Å². The lowest BCUT2D eigenvalue weighted by atomic mass is 10.0. The monoisotopic (exact) mass is 627 g/mol. The van der Waals surface area contributed by atoms with Crippen LogP contribution in [0.4, 0.5) is 10.1 Å². The first-order valence-electron chi connectivity index (χ1n) is 12.8. The molecule has 0 radical (unpaired) electrons. The highest BCUT2D eigenvalue weighted by Gasteiger charge is 2.32. The topological polar surface area (TPSA) is 99.2 Å². The van der Waals surface area contributed by atoms with Crippen LogP contribution in [0.15, 0.2) is 65.6 Å². The number of nitrogens with zero attached hydrogens (tertiary/aromatic N) is 2. The second kappa shape index (κ2) is 13.9. The Morgan fingerprint density at radius 2 is 1.81 bits per heavy atom. The van der Waals surface area contributed by atoms with Gasteiger partial charge >= 0.3 is 5.97 Å². The van der Waals surface area contributed by atoms with E-state index in [2.05, 4.69) is 5.32 Å². The third-order valence-electron chi connectivity index (χ3n) is 6.20. The van der Waals surface area contributed by atoms with Gasteiger partial charge in [0.15, 0.2) is 0 Å². The number of rotatable bonds is 11. The van der Waals surface area contributed by atoms with E-state index in [9.17, 15) is 18.8 Å². The number of aromatic carboxylic acids is 1. The highest BCUT2D eigenvalue weighted by atomic mass is 35.5. The Kier molecular flexibility index (Phi) is 10.3. The number of thioether (sulfide) groups is 1. The summed E-state index contributed by atoms with van der Waals surface area (Å²) in [5, 5.41) is 11.7. The van der Waals surface area contributed by atoms with Crippen molar-refractivity contribution in [2.24, 2.45) is 0 Å². The summed E-state index contributed by atoms with van der Waals surface area (Å²) < 4.78 is 20.1. The third kappa shape index (κ3) is 7.95. The number of thiocarbonyl (C=S) groups is 1. The number of carboxylic acid groups (broad SMARTS) is 1. The lowest BCUT2D eigenvalue weighted by Gasteiger charge is -2.15. The number of benzene rings is 3. The first kappa shape index (κ1) is 31.2. The number of halogens is 2. The maximum absolute atomic E-state index is 13.7. The van der Waals surface area contributed by atoms with E-state index in [1.807, 2.05) is 31.1 Å². The molecule has 1 heterocycles. The zero-order chi connectivity index (χ0) is 30.4. The summed E-state index contributed by atoms with van der Waals surface area (Å²) in [5.74, 6) is -1.70. The van der Waals surface area contributed by atoms with Crippen molar-refractivity contribution < 1.29 is 28.6 Å². The van der Waals surface area contributed by atoms with Crippen LogP contribution in [0.25, 0.3) is 17.2 Å². The molecule has 1 fully saturated rings. The SMILES string of the molecule is CN(C)CCOc1ccc(-c2ccc(F)c(Cl)c2)cc1C=C1SC(=S)N(CCC(=O)Nc2ccc(C(=O)O)cc2)C1=O. The minimum atomic E-state index is -1.06. The molecule has 0 unspecified atom stereocenters. The molecular formula is C30H27ClFN3O5S2. The highest BCUT2D eigenvalue weighted by molar-refractivity contribution is 8.26. The Bertz CT molecular complexity index is 1560. The number of carbonyl (C=O) groups is 3. The van der Waals surface area contributed by atoms with Gasteiger partial charge in [-0.05, 0) is 79.8 Å². The molecule has 42 heavy (non-hydrogen) atoms. The van der Waals surface area contributed by atoms with Gasteiger partial charge in [0, 0.05) is 30.8 Å². The molecule has 0 aromatic heterocycles. The van der Waals surface area contributed by atoms with E-state index < -0.39 is 11.8 Å². The molecule has 12 heteroatoms. The number of likely N-dealkylation sites (N-methyl/N-ethyl adjacent to an activating group) is 1. The van der Waals surface area contributed by atoms with Crippen LogP contribution in [0.2, 0.25) is 5.02 Å². The van der Waals surface area contributed by atoms with Crippen molar-refractivity contribution in [2.45, 2.75) is 6.42 Å². The zero-order valence-electron chi connectivity index (χ0n) is 22.7. The first-order valence-corrected chi connectivity index (χ1v) is 14.4. The number of amides is 2. The second-order valence-corrected chi connectivity index (χ2v) is 11.6. The molecule has 218 valence electrons. The molecule has 3 aromatic rings. The van der Waals surface area contributed by atoms with Crippen LogP contribution in [0.5, 0.6) is 5.75 Å². The minimum absolute atomic E-state index is 0.00235. The number of hydrogen-bond donors (Lipinski definition) is 2. The Labute approximate surface area is 257 Å². The van der Waals surface area contributed by atoms with Gasteiger partial charge in [0.2, 0.25) is 5.91 Å². The summed E-state index contributed by atoms with van der Waals surface area (Å²) in [6, 6.07) is 15.7. The number of carboxylic acids is 1. The van der Waals surface area contributed by atoms with Gasteiger partial charge in [-0.25, -0.2) is 9.18 Å². The Hall–Kier alpha value is -3.77. The molecule has 0 aliphatic carbocycles. The molecular weight excluding hydrogens is 601 g/mol. The maximum atomic E-state index is 13.7. The molecule has 0 bridgehead atoms. The number of anilines is 1. The number of hydrogen-bond acceptors (Lipinski definition) is 7. The van der Waals surface area contributed by atoms with Gasteiger partial charge in [-0.3, -0.25) is 14.5 Å². The Balaban J connectivity index is 1.50. The van der Waals surface area contributed by atoms with Gasteiger partial charge in [-0.1, -0.05) is 47.7 Å². The normalized spacial score (nSPS) is 14.1. The molecule has 1 saturated heterocycles. The van der Waals surface area contributed by atoms with Gasteiger partial charge < -0.3 is 20.1 Å². The van der Waals surface area contributed by atoms with E-state index in [-0.39, 0.29) is 35.4 Å². The van der Waals surface area contributed by atoms with Crippen LogP contribution in [0.1, 0.15) is 22.3 Å². The lowest BCUT2D eigenvalue weighted by Crippen LogP contribution is -2.31. The number of nitrogens with one attached hydrogen (secondary N) is 1. The van der Waals surface area contributed by atoms with E-state index in [4.69, 9.17) is 33.7 Å². The lowest BCUT2D eigenvalue weighted by molar-refractivity contribution is -0.122. The quantitative estimate of drug-likeness (QED) is 0.197. The van der Waals surface area contributed by atoms with Crippen LogP contribution < -0.4 is 10.1 Å². The van der Waals surface area contributed by atoms with Gasteiger partial charge in [-0.15, -0.1) is 0 Å². The molecule has 1 aliphatic rings. The minimum Gasteiger partial charge on any atom is -0.492 e. The number of ether oxygens (including phenoxy) is 1. The molecule has 4 rings (SSSR count). The van der Waals surface area contributed by atoms with E-state index >= 15 is 0 Å². The van der Waals surface area contributed by atoms with Gasteiger partial charge in [0.1, 0.15) is 22.5 Å². The molecule has 8 nitrogen and oxygen atoms in total. The molecule has 0 saturated carbocycles. The first-order chi connectivity index (χ1) is 20.0.